The van der Waals surface area contributed by atoms with E-state index in [9.17, 15) is 9.59 Å². The summed E-state index contributed by atoms with van der Waals surface area (Å²) in [6, 6.07) is 0. The molecule has 16 heavy (non-hydrogen) atoms. The first-order valence-corrected chi connectivity index (χ1v) is 5.46. The molecule has 0 radical (unpaired) electrons. The van der Waals surface area contributed by atoms with E-state index in [1.807, 2.05) is 0 Å². The van der Waals surface area contributed by atoms with Crippen molar-refractivity contribution >= 4 is 5.91 Å². The molecule has 5 heteroatoms. The van der Waals surface area contributed by atoms with Gasteiger partial charge in [-0.2, -0.15) is 0 Å². The van der Waals surface area contributed by atoms with Gasteiger partial charge in [-0.3, -0.25) is 9.59 Å². The molecular formula is C11H15N3O2. The minimum Gasteiger partial charge on any atom is -0.338 e. The maximum absolute atomic E-state index is 12.1. The minimum atomic E-state index is -0.332. The molecule has 0 saturated carbocycles. The zero-order valence-corrected chi connectivity index (χ0v) is 9.54. The molecule has 1 aliphatic heterocycles. The summed E-state index contributed by atoms with van der Waals surface area (Å²) in [5.74, 6) is 0.351. The van der Waals surface area contributed by atoms with Gasteiger partial charge in [-0.1, -0.05) is 0 Å². The lowest BCUT2D eigenvalue weighted by Crippen LogP contribution is -2.34. The van der Waals surface area contributed by atoms with Crippen LogP contribution in [0.4, 0.5) is 0 Å². The fourth-order valence-corrected chi connectivity index (χ4v) is 2.06. The zero-order valence-electron chi connectivity index (χ0n) is 9.54. The molecule has 0 bridgehead atoms. The number of nitrogens with one attached hydrogen (secondary N) is 1. The van der Waals surface area contributed by atoms with E-state index in [-0.39, 0.29) is 17.0 Å². The summed E-state index contributed by atoms with van der Waals surface area (Å²) in [6.07, 6.45) is 2.03. The molecule has 1 fully saturated rings. The lowest BCUT2D eigenvalue weighted by Gasteiger charge is -2.15. The Balaban J connectivity index is 2.40. The van der Waals surface area contributed by atoms with E-state index in [1.165, 1.54) is 0 Å². The number of amides is 1. The van der Waals surface area contributed by atoms with Crippen LogP contribution in [0.3, 0.4) is 0 Å². The molecule has 0 unspecified atom stereocenters. The van der Waals surface area contributed by atoms with Gasteiger partial charge in [-0.25, -0.2) is 4.98 Å². The Morgan fingerprint density at radius 2 is 1.94 bits per heavy atom. The van der Waals surface area contributed by atoms with E-state index in [0.717, 1.165) is 25.9 Å². The van der Waals surface area contributed by atoms with Crippen molar-refractivity contribution in [3.8, 4) is 0 Å². The lowest BCUT2D eigenvalue weighted by atomic mass is 10.2. The molecule has 1 saturated heterocycles. The number of nitrogens with zero attached hydrogens (tertiary/aromatic N) is 2. The molecule has 1 aromatic rings. The standard InChI is InChI=1S/C11H15N3O2/c1-7-9(10(15)13-8(2)12-7)11(16)14-5-3-4-6-14/h3-6H2,1-2H3,(H,12,13,15). The van der Waals surface area contributed by atoms with Crippen LogP contribution in [-0.2, 0) is 0 Å². The Morgan fingerprint density at radius 3 is 2.50 bits per heavy atom. The fourth-order valence-electron chi connectivity index (χ4n) is 2.06. The predicted molar refractivity (Wildman–Crippen MR) is 59.5 cm³/mol. The molecule has 0 aliphatic carbocycles. The average molecular weight is 221 g/mol. The van der Waals surface area contributed by atoms with Crippen LogP contribution >= 0.6 is 0 Å². The number of carbonyl (C=O) groups excluding carboxylic acids is 1. The third-order valence-corrected chi connectivity index (χ3v) is 2.83. The number of H-pyrrole nitrogens is 1. The summed E-state index contributed by atoms with van der Waals surface area (Å²) in [4.78, 5) is 32.2. The van der Waals surface area contributed by atoms with Gasteiger partial charge in [0.2, 0.25) is 0 Å². The van der Waals surface area contributed by atoms with Crippen molar-refractivity contribution in [2.45, 2.75) is 26.7 Å². The summed E-state index contributed by atoms with van der Waals surface area (Å²) >= 11 is 0. The smallest absolute Gasteiger partial charge is 0.264 e. The first kappa shape index (κ1) is 10.9. The summed E-state index contributed by atoms with van der Waals surface area (Å²) in [6.45, 7) is 4.89. The molecule has 1 amide bonds. The van der Waals surface area contributed by atoms with Gasteiger partial charge in [-0.05, 0) is 26.7 Å². The molecular weight excluding hydrogens is 206 g/mol. The summed E-state index contributed by atoms with van der Waals surface area (Å²) in [5, 5.41) is 0. The van der Waals surface area contributed by atoms with Crippen LogP contribution in [0.5, 0.6) is 0 Å². The fraction of sp³-hybridized carbons (Fsp3) is 0.545. The number of carbonyl (C=O) groups is 1. The highest BCUT2D eigenvalue weighted by Crippen LogP contribution is 2.12. The molecule has 0 aromatic carbocycles. The lowest BCUT2D eigenvalue weighted by molar-refractivity contribution is 0.0789. The third-order valence-electron chi connectivity index (χ3n) is 2.83. The Labute approximate surface area is 93.5 Å². The molecule has 2 rings (SSSR count). The van der Waals surface area contributed by atoms with E-state index >= 15 is 0 Å². The topological polar surface area (TPSA) is 66.1 Å². The van der Waals surface area contributed by atoms with E-state index in [1.54, 1.807) is 18.7 Å². The van der Waals surface area contributed by atoms with Crippen LogP contribution < -0.4 is 5.56 Å². The molecule has 2 heterocycles. The number of likely N-dealkylation sites (tertiary alicyclic amines) is 1. The molecule has 1 aromatic heterocycles. The van der Waals surface area contributed by atoms with Gasteiger partial charge in [0.15, 0.2) is 0 Å². The van der Waals surface area contributed by atoms with Crippen LogP contribution in [0, 0.1) is 13.8 Å². The highest BCUT2D eigenvalue weighted by atomic mass is 16.2. The van der Waals surface area contributed by atoms with Gasteiger partial charge in [0.25, 0.3) is 11.5 Å². The molecule has 0 atom stereocenters. The van der Waals surface area contributed by atoms with E-state index < -0.39 is 0 Å². The van der Waals surface area contributed by atoms with Crippen LogP contribution in [0.25, 0.3) is 0 Å². The number of aromatic nitrogens is 2. The summed E-state index contributed by atoms with van der Waals surface area (Å²) < 4.78 is 0. The second-order valence-electron chi connectivity index (χ2n) is 4.11. The van der Waals surface area contributed by atoms with Crippen molar-refractivity contribution < 1.29 is 4.79 Å². The number of hydrogen-bond donors (Lipinski definition) is 1. The molecule has 1 aliphatic rings. The van der Waals surface area contributed by atoms with Crippen molar-refractivity contribution in [2.24, 2.45) is 0 Å². The number of rotatable bonds is 1. The Hall–Kier alpha value is -1.65. The van der Waals surface area contributed by atoms with Gasteiger partial charge in [0.05, 0.1) is 5.69 Å². The minimum absolute atomic E-state index is 0.188. The Kier molecular flexibility index (Phi) is 2.77. The monoisotopic (exact) mass is 221 g/mol. The van der Waals surface area contributed by atoms with E-state index in [0.29, 0.717) is 11.5 Å². The maximum atomic E-state index is 12.1. The van der Waals surface area contributed by atoms with Crippen LogP contribution in [0.2, 0.25) is 0 Å². The quantitative estimate of drug-likeness (QED) is 0.756. The maximum Gasteiger partial charge on any atom is 0.264 e. The second-order valence-corrected chi connectivity index (χ2v) is 4.11. The molecule has 0 spiro atoms. The molecule has 1 N–H and O–H groups in total. The highest BCUT2D eigenvalue weighted by Gasteiger charge is 2.24. The molecule has 86 valence electrons. The average Bonchev–Trinajstić information content (AvgIpc) is 2.67. The normalized spacial score (nSPS) is 15.5. The third kappa shape index (κ3) is 1.85. The van der Waals surface area contributed by atoms with Crippen molar-refractivity contribution in [1.29, 1.82) is 0 Å². The van der Waals surface area contributed by atoms with Crippen molar-refractivity contribution in [3.05, 3.63) is 27.4 Å². The predicted octanol–water partition coefficient (Wildman–Crippen LogP) is 0.623. The second kappa shape index (κ2) is 4.08. The SMILES string of the molecule is Cc1nc(C)c(C(=O)N2CCCC2)c(=O)[nH]1. The van der Waals surface area contributed by atoms with Crippen molar-refractivity contribution in [1.82, 2.24) is 14.9 Å². The number of aryl methyl sites for hydroxylation is 2. The van der Waals surface area contributed by atoms with Gasteiger partial charge < -0.3 is 9.88 Å². The zero-order chi connectivity index (χ0) is 11.7. The molecule has 5 nitrogen and oxygen atoms in total. The first-order valence-electron chi connectivity index (χ1n) is 5.46. The van der Waals surface area contributed by atoms with Gasteiger partial charge in [0, 0.05) is 13.1 Å². The van der Waals surface area contributed by atoms with Crippen LogP contribution in [-0.4, -0.2) is 33.9 Å². The van der Waals surface area contributed by atoms with E-state index in [2.05, 4.69) is 9.97 Å². The Bertz CT molecular complexity index is 473. The van der Waals surface area contributed by atoms with Crippen LogP contribution in [0.15, 0.2) is 4.79 Å². The van der Waals surface area contributed by atoms with Crippen LogP contribution in [0.1, 0.15) is 34.7 Å². The highest BCUT2D eigenvalue weighted by molar-refractivity contribution is 5.94. The van der Waals surface area contributed by atoms with E-state index in [4.69, 9.17) is 0 Å². The Morgan fingerprint density at radius 1 is 1.31 bits per heavy atom. The number of hydrogen-bond acceptors (Lipinski definition) is 3. The largest absolute Gasteiger partial charge is 0.338 e. The summed E-state index contributed by atoms with van der Waals surface area (Å²) in [5.41, 5.74) is 0.368. The first-order chi connectivity index (χ1) is 7.59. The van der Waals surface area contributed by atoms with Crippen molar-refractivity contribution in [2.75, 3.05) is 13.1 Å². The van der Waals surface area contributed by atoms with Gasteiger partial charge in [0.1, 0.15) is 11.4 Å². The number of aromatic amines is 1. The van der Waals surface area contributed by atoms with Gasteiger partial charge >= 0.3 is 0 Å². The van der Waals surface area contributed by atoms with Gasteiger partial charge in [-0.15, -0.1) is 0 Å². The summed E-state index contributed by atoms with van der Waals surface area (Å²) in [7, 11) is 0. The van der Waals surface area contributed by atoms with Crippen molar-refractivity contribution in [3.63, 3.8) is 0 Å².